The summed E-state index contributed by atoms with van der Waals surface area (Å²) >= 11 is 5.18. The minimum atomic E-state index is 1.80. The first-order valence-electron chi connectivity index (χ1n) is 0.770. The fourth-order valence-electron chi connectivity index (χ4n) is 0. The summed E-state index contributed by atoms with van der Waals surface area (Å²) in [5.74, 6) is 0. The molecule has 0 aromatic rings. The van der Waals surface area contributed by atoms with E-state index in [-0.39, 0.29) is 0 Å². The summed E-state index contributed by atoms with van der Waals surface area (Å²) in [6.45, 7) is 0. The second kappa shape index (κ2) is 3.95. The highest BCUT2D eigenvalue weighted by atomic mass is 127. The first-order valence-corrected chi connectivity index (χ1v) is 2.93. The molecular weight excluding hydrogens is 231 g/mol. The van der Waals surface area contributed by atoms with Crippen LogP contribution in [0.5, 0.6) is 0 Å². The number of hydrogen-bond acceptors (Lipinski definition) is 0. The average Bonchev–Trinajstić information content (AvgIpc) is 1.37. The Balaban J connectivity index is 2.55. The van der Waals surface area contributed by atoms with Gasteiger partial charge in [0, 0.05) is 0 Å². The van der Waals surface area contributed by atoms with Crippen LogP contribution < -0.4 is 0 Å². The van der Waals surface area contributed by atoms with Crippen LogP contribution in [0.1, 0.15) is 0 Å². The number of halogens is 2. The van der Waals surface area contributed by atoms with Crippen molar-refractivity contribution in [1.29, 1.82) is 0 Å². The van der Waals surface area contributed by atoms with Crippen LogP contribution in [-0.2, 0) is 0 Å². The Morgan fingerprint density at radius 2 is 2.00 bits per heavy atom. The lowest BCUT2D eigenvalue weighted by molar-refractivity contribution is 2.68. The second-order valence-corrected chi connectivity index (χ2v) is 1.50. The van der Waals surface area contributed by atoms with Gasteiger partial charge in [-0.3, -0.25) is 0 Å². The lowest BCUT2D eigenvalue weighted by Gasteiger charge is -1.44. The van der Waals surface area contributed by atoms with E-state index in [1.165, 1.54) is 0 Å². The maximum absolute atomic E-state index is 3.06. The summed E-state index contributed by atoms with van der Waals surface area (Å²) in [7, 11) is 0. The van der Waals surface area contributed by atoms with Gasteiger partial charge in [-0.2, -0.15) is 0 Å². The van der Waals surface area contributed by atoms with Crippen molar-refractivity contribution in [2.75, 3.05) is 0 Å². The van der Waals surface area contributed by atoms with Gasteiger partial charge in [-0.25, -0.2) is 0 Å². The Labute approximate surface area is 47.5 Å². The molecule has 0 rings (SSSR count). The van der Waals surface area contributed by atoms with Crippen LogP contribution >= 0.6 is 38.5 Å². The molecule has 0 aliphatic rings. The standard InChI is InChI=1S/C2H2BrI/c3-1-2-4/h1-2H/b2-1+. The molecule has 0 atom stereocenters. The molecule has 0 bridgehead atoms. The average molecular weight is 233 g/mol. The summed E-state index contributed by atoms with van der Waals surface area (Å²) < 4.78 is 1.89. The maximum Gasteiger partial charge on any atom is -0.0128 e. The molecule has 0 aromatic heterocycles. The van der Waals surface area contributed by atoms with E-state index in [2.05, 4.69) is 38.5 Å². The van der Waals surface area contributed by atoms with Gasteiger partial charge in [-0.15, -0.1) is 0 Å². The number of hydrogen-bond donors (Lipinski definition) is 0. The molecule has 0 aromatic carbocycles. The molecule has 0 saturated heterocycles. The molecule has 2 heteroatoms. The smallest absolute Gasteiger partial charge is 0.0128 e. The van der Waals surface area contributed by atoms with Gasteiger partial charge in [0.15, 0.2) is 0 Å². The molecule has 0 heterocycles. The summed E-state index contributed by atoms with van der Waals surface area (Å²) in [5, 5.41) is 0. The normalized spacial score (nSPS) is 9.50. The van der Waals surface area contributed by atoms with Crippen LogP contribution in [0.4, 0.5) is 0 Å². The lowest BCUT2D eigenvalue weighted by Crippen LogP contribution is -1.07. The Morgan fingerprint density at radius 3 is 2.00 bits per heavy atom. The molecular formula is C2H2BrI. The predicted octanol–water partition coefficient (Wildman–Crippen LogP) is 2.29. The molecule has 0 radical (unpaired) electrons. The van der Waals surface area contributed by atoms with E-state index >= 15 is 0 Å². The third kappa shape index (κ3) is 2.95. The van der Waals surface area contributed by atoms with Gasteiger partial charge in [0.05, 0.1) is 0 Å². The van der Waals surface area contributed by atoms with Crippen molar-refractivity contribution in [2.45, 2.75) is 0 Å². The van der Waals surface area contributed by atoms with Crippen LogP contribution in [-0.4, -0.2) is 0 Å². The Kier molecular flexibility index (Phi) is 4.89. The van der Waals surface area contributed by atoms with Crippen molar-refractivity contribution in [3.8, 4) is 0 Å². The summed E-state index contributed by atoms with van der Waals surface area (Å²) in [6, 6.07) is 0. The topological polar surface area (TPSA) is 0 Å². The molecule has 0 N–H and O–H groups in total. The van der Waals surface area contributed by atoms with E-state index in [1.807, 2.05) is 4.08 Å². The minimum Gasteiger partial charge on any atom is -0.0590 e. The van der Waals surface area contributed by atoms with Gasteiger partial charge in [-0.05, 0) is 9.07 Å². The van der Waals surface area contributed by atoms with E-state index in [9.17, 15) is 0 Å². The van der Waals surface area contributed by atoms with Gasteiger partial charge in [0.25, 0.3) is 0 Å². The first kappa shape index (κ1) is 4.95. The summed E-state index contributed by atoms with van der Waals surface area (Å²) in [5.41, 5.74) is 0. The largest absolute Gasteiger partial charge is 0.0590 e. The lowest BCUT2D eigenvalue weighted by atomic mass is 11.3. The molecule has 0 aliphatic heterocycles. The monoisotopic (exact) mass is 232 g/mol. The van der Waals surface area contributed by atoms with Crippen molar-refractivity contribution in [2.24, 2.45) is 0 Å². The zero-order valence-corrected chi connectivity index (χ0v) is 5.65. The van der Waals surface area contributed by atoms with E-state index in [0.29, 0.717) is 0 Å². The van der Waals surface area contributed by atoms with Crippen molar-refractivity contribution >= 4 is 38.5 Å². The fraction of sp³-hybridized carbons (Fsp3) is 0. The molecule has 4 heavy (non-hydrogen) atoms. The molecule has 24 valence electrons. The van der Waals surface area contributed by atoms with E-state index in [0.717, 1.165) is 0 Å². The van der Waals surface area contributed by atoms with E-state index in [4.69, 9.17) is 0 Å². The predicted molar refractivity (Wildman–Crippen MR) is 32.1 cm³/mol. The van der Waals surface area contributed by atoms with Gasteiger partial charge in [0.2, 0.25) is 0 Å². The third-order valence-electron chi connectivity index (χ3n) is 0.0476. The van der Waals surface area contributed by atoms with Gasteiger partial charge < -0.3 is 0 Å². The van der Waals surface area contributed by atoms with Crippen LogP contribution in [0, 0.1) is 0 Å². The highest BCUT2D eigenvalue weighted by Crippen LogP contribution is 1.87. The van der Waals surface area contributed by atoms with Gasteiger partial charge >= 0.3 is 0 Å². The molecule has 0 fully saturated rings. The Morgan fingerprint density at radius 1 is 1.75 bits per heavy atom. The Hall–Kier alpha value is 0.950. The van der Waals surface area contributed by atoms with Gasteiger partial charge in [-0.1, -0.05) is 38.5 Å². The molecule has 0 nitrogen and oxygen atoms in total. The van der Waals surface area contributed by atoms with Crippen LogP contribution in [0.2, 0.25) is 0 Å². The van der Waals surface area contributed by atoms with E-state index in [1.54, 1.807) is 4.99 Å². The van der Waals surface area contributed by atoms with Crippen LogP contribution in [0.3, 0.4) is 0 Å². The van der Waals surface area contributed by atoms with Crippen LogP contribution in [0.15, 0.2) is 9.07 Å². The summed E-state index contributed by atoms with van der Waals surface area (Å²) in [6.07, 6.45) is 0. The zero-order valence-electron chi connectivity index (χ0n) is 1.91. The van der Waals surface area contributed by atoms with Crippen molar-refractivity contribution in [3.63, 3.8) is 0 Å². The molecule has 0 unspecified atom stereocenters. The molecule has 0 saturated carbocycles. The Bertz CT molecular complexity index is 21.2. The van der Waals surface area contributed by atoms with Gasteiger partial charge in [0.1, 0.15) is 0 Å². The maximum atomic E-state index is 3.06. The second-order valence-electron chi connectivity index (χ2n) is 0.252. The molecule has 0 amide bonds. The van der Waals surface area contributed by atoms with Crippen LogP contribution in [0.25, 0.3) is 0 Å². The van der Waals surface area contributed by atoms with Crippen molar-refractivity contribution in [1.82, 2.24) is 0 Å². The first-order chi connectivity index (χ1) is 1.91. The highest BCUT2D eigenvalue weighted by Gasteiger charge is 1.39. The fourth-order valence-corrected chi connectivity index (χ4v) is 0. The molecule has 0 aliphatic carbocycles. The minimum absolute atomic E-state index is 1.80. The van der Waals surface area contributed by atoms with Crippen molar-refractivity contribution < 1.29 is 0 Å². The quantitative estimate of drug-likeness (QED) is 0.563. The zero-order chi connectivity index (χ0) is 3.41. The van der Waals surface area contributed by atoms with E-state index < -0.39 is 0 Å². The number of rotatable bonds is 0. The third-order valence-corrected chi connectivity index (χ3v) is 1.66. The van der Waals surface area contributed by atoms with Crippen molar-refractivity contribution in [3.05, 3.63) is 9.07 Å². The molecule has 0 spiro atoms. The summed E-state index contributed by atoms with van der Waals surface area (Å²) in [4.78, 5) is 1.80. The highest BCUT2D eigenvalue weighted by molar-refractivity contribution is 14.1. The SMILES string of the molecule is Br/C=C/I.